The normalized spacial score (nSPS) is 17.5. The third-order valence-electron chi connectivity index (χ3n) is 5.34. The number of carbonyl (C=O) groups is 1. The summed E-state index contributed by atoms with van der Waals surface area (Å²) < 4.78 is 70.1. The van der Waals surface area contributed by atoms with Crippen molar-refractivity contribution >= 4 is 22.9 Å². The number of benzene rings is 1. The van der Waals surface area contributed by atoms with Gasteiger partial charge in [0.05, 0.1) is 5.01 Å². The average Bonchev–Trinajstić information content (AvgIpc) is 3.28. The van der Waals surface area contributed by atoms with E-state index in [4.69, 9.17) is 0 Å². The van der Waals surface area contributed by atoms with E-state index in [-0.39, 0.29) is 22.5 Å². The van der Waals surface area contributed by atoms with E-state index in [1.807, 2.05) is 0 Å². The van der Waals surface area contributed by atoms with Gasteiger partial charge in [0.15, 0.2) is 0 Å². The minimum absolute atomic E-state index is 0.159. The molecule has 0 saturated carbocycles. The summed E-state index contributed by atoms with van der Waals surface area (Å²) in [6, 6.07) is 1.88. The second-order valence-corrected chi connectivity index (χ2v) is 8.30. The van der Waals surface area contributed by atoms with Gasteiger partial charge in [-0.2, -0.15) is 0 Å². The number of carbonyl (C=O) groups excluding carboxylic acids is 1. The van der Waals surface area contributed by atoms with Crippen LogP contribution in [-0.2, 0) is 5.66 Å². The molecule has 0 fully saturated rings. The first-order valence-electron chi connectivity index (χ1n) is 9.51. The number of hydrogen-bond acceptors (Lipinski definition) is 7. The van der Waals surface area contributed by atoms with Crippen molar-refractivity contribution < 1.29 is 31.5 Å². The molecule has 1 heterocycles. The number of thiazole rings is 1. The monoisotopic (exact) mass is 479 g/mol. The molecular formula is C19H22F5N5O2S. The third kappa shape index (κ3) is 4.42. The van der Waals surface area contributed by atoms with Gasteiger partial charge < -0.3 is 15.4 Å². The van der Waals surface area contributed by atoms with E-state index < -0.39 is 41.8 Å². The topological polar surface area (TPSA) is 87.3 Å². The molecule has 0 bridgehead atoms. The first-order valence-corrected chi connectivity index (χ1v) is 10.3. The molecule has 0 radical (unpaired) electrons. The fourth-order valence-electron chi connectivity index (χ4n) is 3.99. The Morgan fingerprint density at radius 3 is 2.44 bits per heavy atom. The summed E-state index contributed by atoms with van der Waals surface area (Å²) in [5.74, 6) is -1.26. The summed E-state index contributed by atoms with van der Waals surface area (Å²) in [7, 11) is 4.78. The van der Waals surface area contributed by atoms with Crippen LogP contribution in [0, 0.1) is 6.92 Å². The van der Waals surface area contributed by atoms with Crippen LogP contribution in [0.2, 0.25) is 0 Å². The molecule has 0 saturated heterocycles. The molecule has 7 nitrogen and oxygen atoms in total. The van der Waals surface area contributed by atoms with Crippen molar-refractivity contribution in [2.75, 3.05) is 26.5 Å². The Kier molecular flexibility index (Phi) is 6.75. The fourth-order valence-corrected chi connectivity index (χ4v) is 4.81. The van der Waals surface area contributed by atoms with Gasteiger partial charge in [-0.25, -0.2) is 13.8 Å². The zero-order chi connectivity index (χ0) is 23.8. The molecule has 2 aromatic rings. The lowest BCUT2D eigenvalue weighted by atomic mass is 9.99. The molecular weight excluding hydrogens is 457 g/mol. The van der Waals surface area contributed by atoms with Gasteiger partial charge in [-0.3, -0.25) is 15.4 Å². The SMILES string of the molecule is CNC1CC(NC)(NC)c2c(OC(F)(F)F)ccc(NC(=O)c3sc(C)nc3C(F)F)c21. The number of aromatic nitrogens is 1. The minimum Gasteiger partial charge on any atom is -0.405 e. The number of hydrogen-bond donors (Lipinski definition) is 4. The second kappa shape index (κ2) is 8.89. The van der Waals surface area contributed by atoms with Gasteiger partial charge in [-0.1, -0.05) is 0 Å². The molecule has 0 aliphatic heterocycles. The van der Waals surface area contributed by atoms with Crippen LogP contribution >= 0.6 is 11.3 Å². The molecule has 176 valence electrons. The zero-order valence-corrected chi connectivity index (χ0v) is 18.4. The predicted molar refractivity (Wildman–Crippen MR) is 109 cm³/mol. The van der Waals surface area contributed by atoms with Gasteiger partial charge >= 0.3 is 6.36 Å². The highest BCUT2D eigenvalue weighted by atomic mass is 32.1. The quantitative estimate of drug-likeness (QED) is 0.357. The Labute approximate surface area is 184 Å². The van der Waals surface area contributed by atoms with E-state index in [9.17, 15) is 26.7 Å². The average molecular weight is 479 g/mol. The van der Waals surface area contributed by atoms with Crippen LogP contribution in [0.5, 0.6) is 5.75 Å². The van der Waals surface area contributed by atoms with E-state index in [0.29, 0.717) is 10.6 Å². The van der Waals surface area contributed by atoms with Gasteiger partial charge in [-0.05, 0) is 40.2 Å². The molecule has 1 aromatic heterocycles. The predicted octanol–water partition coefficient (Wildman–Crippen LogP) is 3.80. The Bertz CT molecular complexity index is 1010. The number of nitrogens with one attached hydrogen (secondary N) is 4. The summed E-state index contributed by atoms with van der Waals surface area (Å²) in [5.41, 5.74) is -1.04. The molecule has 1 aliphatic carbocycles. The number of ether oxygens (including phenoxy) is 1. The number of fused-ring (bicyclic) bond motifs is 1. The Morgan fingerprint density at radius 1 is 1.25 bits per heavy atom. The van der Waals surface area contributed by atoms with Crippen LogP contribution in [0.1, 0.15) is 50.4 Å². The third-order valence-corrected chi connectivity index (χ3v) is 6.33. The molecule has 32 heavy (non-hydrogen) atoms. The number of anilines is 1. The molecule has 1 atom stereocenters. The van der Waals surface area contributed by atoms with Gasteiger partial charge in [0, 0.05) is 29.3 Å². The number of halogens is 5. The van der Waals surface area contributed by atoms with E-state index in [0.717, 1.165) is 17.4 Å². The molecule has 1 unspecified atom stereocenters. The summed E-state index contributed by atoms with van der Waals surface area (Å²) >= 11 is 0.813. The molecule has 1 aromatic carbocycles. The van der Waals surface area contributed by atoms with Crippen molar-refractivity contribution in [3.05, 3.63) is 38.8 Å². The van der Waals surface area contributed by atoms with Crippen LogP contribution < -0.4 is 26.0 Å². The van der Waals surface area contributed by atoms with E-state index in [1.165, 1.54) is 13.0 Å². The lowest BCUT2D eigenvalue weighted by Gasteiger charge is -2.31. The highest BCUT2D eigenvalue weighted by molar-refractivity contribution is 7.13. The largest absolute Gasteiger partial charge is 0.573 e. The first-order chi connectivity index (χ1) is 15.0. The van der Waals surface area contributed by atoms with E-state index in [1.54, 1.807) is 21.1 Å². The molecule has 1 amide bonds. The van der Waals surface area contributed by atoms with Crippen LogP contribution in [0.3, 0.4) is 0 Å². The summed E-state index contributed by atoms with van der Waals surface area (Å²) in [6.45, 7) is 1.50. The Morgan fingerprint density at radius 2 is 1.91 bits per heavy atom. The van der Waals surface area contributed by atoms with Gasteiger partial charge in [0.1, 0.15) is 22.0 Å². The molecule has 13 heteroatoms. The van der Waals surface area contributed by atoms with E-state index >= 15 is 0 Å². The Hall–Kier alpha value is -2.35. The first kappa shape index (κ1) is 24.3. The standard InChI is InChI=1S/C19H22F5N5O2S/c1-8-28-14(16(20)21)15(32-8)17(30)29-9-5-6-11(31-19(22,23)24)13-12(9)10(25-2)7-18(13,26-3)27-4/h5-6,10,16,25-27H,7H2,1-4H3,(H,29,30). The number of aryl methyl sites for hydroxylation is 1. The zero-order valence-electron chi connectivity index (χ0n) is 17.6. The maximum Gasteiger partial charge on any atom is 0.573 e. The van der Waals surface area contributed by atoms with Crippen molar-refractivity contribution in [1.82, 2.24) is 20.9 Å². The fraction of sp³-hybridized carbons (Fsp3) is 0.474. The van der Waals surface area contributed by atoms with Crippen LogP contribution in [0.25, 0.3) is 0 Å². The van der Waals surface area contributed by atoms with Crippen molar-refractivity contribution in [3.8, 4) is 5.75 Å². The summed E-state index contributed by atoms with van der Waals surface area (Å²) in [4.78, 5) is 16.3. The van der Waals surface area contributed by atoms with Crippen molar-refractivity contribution in [1.29, 1.82) is 0 Å². The van der Waals surface area contributed by atoms with Crippen molar-refractivity contribution in [2.24, 2.45) is 0 Å². The number of alkyl halides is 5. The van der Waals surface area contributed by atoms with Gasteiger partial charge in [0.2, 0.25) is 0 Å². The van der Waals surface area contributed by atoms with Crippen LogP contribution in [0.15, 0.2) is 12.1 Å². The summed E-state index contributed by atoms with van der Waals surface area (Å²) in [6.07, 6.45) is -7.59. The van der Waals surface area contributed by atoms with E-state index in [2.05, 4.69) is 31.0 Å². The second-order valence-electron chi connectivity index (χ2n) is 7.10. The summed E-state index contributed by atoms with van der Waals surface area (Å²) in [5, 5.41) is 11.9. The lowest BCUT2D eigenvalue weighted by Crippen LogP contribution is -2.50. The lowest BCUT2D eigenvalue weighted by molar-refractivity contribution is -0.275. The minimum atomic E-state index is -4.93. The highest BCUT2D eigenvalue weighted by Gasteiger charge is 2.47. The molecule has 1 aliphatic rings. The Balaban J connectivity index is 2.13. The molecule has 0 spiro atoms. The molecule has 4 N–H and O–H groups in total. The van der Waals surface area contributed by atoms with Crippen molar-refractivity contribution in [2.45, 2.75) is 37.8 Å². The number of amides is 1. The highest BCUT2D eigenvalue weighted by Crippen LogP contribution is 2.50. The van der Waals surface area contributed by atoms with Gasteiger partial charge in [0.25, 0.3) is 12.3 Å². The molecule has 3 rings (SSSR count). The maximum atomic E-state index is 13.3. The number of rotatable bonds is 7. The number of nitrogens with zero attached hydrogens (tertiary/aromatic N) is 1. The maximum absolute atomic E-state index is 13.3. The van der Waals surface area contributed by atoms with Crippen LogP contribution in [-0.4, -0.2) is 38.4 Å². The van der Waals surface area contributed by atoms with Crippen LogP contribution in [0.4, 0.5) is 27.6 Å². The van der Waals surface area contributed by atoms with Crippen molar-refractivity contribution in [3.63, 3.8) is 0 Å². The van der Waals surface area contributed by atoms with Gasteiger partial charge in [-0.15, -0.1) is 24.5 Å². The smallest absolute Gasteiger partial charge is 0.405 e.